The van der Waals surface area contributed by atoms with Crippen molar-refractivity contribution < 1.29 is 4.79 Å². The summed E-state index contributed by atoms with van der Waals surface area (Å²) in [6.45, 7) is 0.954. The Morgan fingerprint density at radius 1 is 0.818 bits per heavy atom. The number of rotatable bonds is 5. The fourth-order valence-electron chi connectivity index (χ4n) is 5.79. The molecule has 0 radical (unpaired) electrons. The lowest BCUT2D eigenvalue weighted by Gasteiger charge is -2.33. The van der Waals surface area contributed by atoms with Crippen molar-refractivity contribution in [2.24, 2.45) is 0 Å². The summed E-state index contributed by atoms with van der Waals surface area (Å²) < 4.78 is 2.74. The Labute approximate surface area is 258 Å². The van der Waals surface area contributed by atoms with Crippen molar-refractivity contribution in [1.82, 2.24) is 24.0 Å². The smallest absolute Gasteiger partial charge is 0.358 e. The highest BCUT2D eigenvalue weighted by molar-refractivity contribution is 6.31. The Morgan fingerprint density at radius 3 is 2.18 bits per heavy atom. The number of fused-ring (bicyclic) bond motifs is 2. The molecule has 1 saturated heterocycles. The third-order valence-electron chi connectivity index (χ3n) is 7.89. The predicted octanol–water partition coefficient (Wildman–Crippen LogP) is 4.43. The second-order valence-electron chi connectivity index (χ2n) is 11.3. The van der Waals surface area contributed by atoms with Crippen LogP contribution in [0.4, 0.5) is 22.1 Å². The molecule has 44 heavy (non-hydrogen) atoms. The summed E-state index contributed by atoms with van der Waals surface area (Å²) in [6.07, 6.45) is 1.37. The number of piperidine rings is 1. The number of nitrogens with one attached hydrogen (secondary N) is 1. The van der Waals surface area contributed by atoms with Gasteiger partial charge in [-0.2, -0.15) is 9.97 Å². The molecular weight excluding hydrogens is 580 g/mol. The van der Waals surface area contributed by atoms with E-state index in [-0.39, 0.29) is 12.1 Å². The zero-order valence-electron chi connectivity index (χ0n) is 25.0. The second kappa shape index (κ2) is 11.6. The van der Waals surface area contributed by atoms with E-state index in [9.17, 15) is 14.4 Å². The highest BCUT2D eigenvalue weighted by Crippen LogP contribution is 2.28. The highest BCUT2D eigenvalue weighted by Gasteiger charge is 2.27. The molecule has 2 aromatic heterocycles. The molecule has 0 atom stereocenters. The van der Waals surface area contributed by atoms with Gasteiger partial charge in [0.2, 0.25) is 0 Å². The van der Waals surface area contributed by atoms with Gasteiger partial charge in [0.25, 0.3) is 0 Å². The van der Waals surface area contributed by atoms with E-state index in [0.717, 1.165) is 16.5 Å². The number of aromatic nitrogens is 4. The van der Waals surface area contributed by atoms with Gasteiger partial charge in [-0.3, -0.25) is 4.57 Å². The van der Waals surface area contributed by atoms with Gasteiger partial charge in [0.1, 0.15) is 11.6 Å². The standard InChI is InChI=1S/C32H33ClN8O3/c1-37(2)28-24-10-5-6-11-26(24)41(31(43)36-28)32(44)39-16-14-21(15-17-39)34-22-8-7-9-23(19-22)40-27-18-20(33)12-13-25(27)29(38(3)4)35-30(40)42/h5-13,18-19,21,34H,14-17H2,1-4H3. The zero-order chi connectivity index (χ0) is 31.1. The molecule has 0 saturated carbocycles. The molecule has 1 aliphatic rings. The molecule has 1 amide bonds. The maximum absolute atomic E-state index is 13.6. The van der Waals surface area contributed by atoms with Crippen molar-refractivity contribution in [3.8, 4) is 5.69 Å². The quantitative estimate of drug-likeness (QED) is 0.311. The molecule has 1 N–H and O–H groups in total. The molecule has 226 valence electrons. The Bertz CT molecular complexity index is 2010. The highest BCUT2D eigenvalue weighted by atomic mass is 35.5. The topological polar surface area (TPSA) is 109 Å². The average molecular weight is 613 g/mol. The van der Waals surface area contributed by atoms with Gasteiger partial charge in [0, 0.05) is 68.8 Å². The van der Waals surface area contributed by atoms with E-state index in [1.165, 1.54) is 4.57 Å². The van der Waals surface area contributed by atoms with E-state index < -0.39 is 11.4 Å². The van der Waals surface area contributed by atoms with Crippen LogP contribution in [0.3, 0.4) is 0 Å². The minimum atomic E-state index is -0.591. The van der Waals surface area contributed by atoms with Gasteiger partial charge in [-0.05, 0) is 61.4 Å². The third kappa shape index (κ3) is 5.35. The summed E-state index contributed by atoms with van der Waals surface area (Å²) in [6, 6.07) is 20.1. The van der Waals surface area contributed by atoms with Crippen LogP contribution in [-0.2, 0) is 0 Å². The lowest BCUT2D eigenvalue weighted by molar-refractivity contribution is 0.185. The first-order valence-electron chi connectivity index (χ1n) is 14.4. The van der Waals surface area contributed by atoms with Crippen molar-refractivity contribution in [2.45, 2.75) is 18.9 Å². The molecule has 0 unspecified atom stereocenters. The van der Waals surface area contributed by atoms with Gasteiger partial charge in [-0.1, -0.05) is 29.8 Å². The van der Waals surface area contributed by atoms with Crippen molar-refractivity contribution in [3.63, 3.8) is 0 Å². The molecule has 1 aliphatic heterocycles. The van der Waals surface area contributed by atoms with Gasteiger partial charge >= 0.3 is 17.4 Å². The van der Waals surface area contributed by atoms with E-state index in [2.05, 4.69) is 15.3 Å². The third-order valence-corrected chi connectivity index (χ3v) is 8.13. The largest absolute Gasteiger partial charge is 0.382 e. The van der Waals surface area contributed by atoms with Crippen LogP contribution in [0.5, 0.6) is 0 Å². The van der Waals surface area contributed by atoms with Crippen molar-refractivity contribution >= 4 is 56.8 Å². The maximum atomic E-state index is 13.6. The number of hydrogen-bond acceptors (Lipinski definition) is 8. The number of para-hydroxylation sites is 1. The second-order valence-corrected chi connectivity index (χ2v) is 11.7. The molecule has 1 fully saturated rings. The van der Waals surface area contributed by atoms with Gasteiger partial charge in [0.15, 0.2) is 0 Å². The summed E-state index contributed by atoms with van der Waals surface area (Å²) in [4.78, 5) is 53.6. The number of hydrogen-bond donors (Lipinski definition) is 1. The minimum Gasteiger partial charge on any atom is -0.382 e. The van der Waals surface area contributed by atoms with Crippen molar-refractivity contribution in [2.75, 3.05) is 56.4 Å². The number of carbonyl (C=O) groups is 1. The monoisotopic (exact) mass is 612 g/mol. The van der Waals surface area contributed by atoms with Crippen molar-refractivity contribution in [1.29, 1.82) is 0 Å². The lowest BCUT2D eigenvalue weighted by Crippen LogP contribution is -2.47. The summed E-state index contributed by atoms with van der Waals surface area (Å²) in [5, 5.41) is 5.64. The molecule has 3 aromatic carbocycles. The molecule has 3 heterocycles. The maximum Gasteiger partial charge on any atom is 0.358 e. The normalized spacial score (nSPS) is 13.8. The number of anilines is 3. The van der Waals surface area contributed by atoms with E-state index in [1.807, 2.05) is 81.6 Å². The summed E-state index contributed by atoms with van der Waals surface area (Å²) >= 11 is 6.34. The number of amides is 1. The van der Waals surface area contributed by atoms with Gasteiger partial charge in [-0.25, -0.2) is 19.0 Å². The Balaban J connectivity index is 1.22. The van der Waals surface area contributed by atoms with Crippen LogP contribution >= 0.6 is 11.6 Å². The lowest BCUT2D eigenvalue weighted by atomic mass is 10.0. The SMILES string of the molecule is CN(C)c1nc(=O)n(C(=O)N2CCC(Nc3cccc(-n4c(=O)nc(N(C)C)c5ccc(Cl)cc54)c3)CC2)c2ccccc12. The Hall–Kier alpha value is -4.90. The number of benzene rings is 3. The fourth-order valence-corrected chi connectivity index (χ4v) is 5.95. The van der Waals surface area contributed by atoms with Crippen molar-refractivity contribution in [3.05, 3.63) is 92.7 Å². The van der Waals surface area contributed by atoms with Crippen LogP contribution in [-0.4, -0.2) is 77.4 Å². The van der Waals surface area contributed by atoms with E-state index >= 15 is 0 Å². The molecule has 0 spiro atoms. The van der Waals surface area contributed by atoms with E-state index in [1.54, 1.807) is 32.6 Å². The number of nitrogens with zero attached hydrogens (tertiary/aromatic N) is 7. The Kier molecular flexibility index (Phi) is 7.73. The zero-order valence-corrected chi connectivity index (χ0v) is 25.7. The minimum absolute atomic E-state index is 0.0918. The first kappa shape index (κ1) is 29.2. The molecule has 6 rings (SSSR count). The van der Waals surface area contributed by atoms with Gasteiger partial charge in [0.05, 0.1) is 16.7 Å². The number of halogens is 1. The Morgan fingerprint density at radius 2 is 1.48 bits per heavy atom. The fraction of sp³-hybridized carbons (Fsp3) is 0.281. The van der Waals surface area contributed by atoms with Crippen LogP contribution in [0, 0.1) is 0 Å². The number of carbonyl (C=O) groups excluding carboxylic acids is 1. The molecule has 0 aliphatic carbocycles. The van der Waals surface area contributed by atoms with Crippen LogP contribution in [0.25, 0.3) is 27.5 Å². The summed E-state index contributed by atoms with van der Waals surface area (Å²) in [5.41, 5.74) is 1.72. The van der Waals surface area contributed by atoms with Crippen LogP contribution < -0.4 is 26.5 Å². The predicted molar refractivity (Wildman–Crippen MR) is 176 cm³/mol. The first-order valence-corrected chi connectivity index (χ1v) is 14.7. The first-order chi connectivity index (χ1) is 21.1. The molecule has 0 bridgehead atoms. The summed E-state index contributed by atoms with van der Waals surface area (Å²) in [7, 11) is 7.34. The van der Waals surface area contributed by atoms with Crippen LogP contribution in [0.2, 0.25) is 5.02 Å². The number of likely N-dealkylation sites (tertiary alicyclic amines) is 1. The molecule has 12 heteroatoms. The van der Waals surface area contributed by atoms with Crippen LogP contribution in [0.15, 0.2) is 76.3 Å². The van der Waals surface area contributed by atoms with E-state index in [0.29, 0.717) is 59.3 Å². The molecule has 11 nitrogen and oxygen atoms in total. The van der Waals surface area contributed by atoms with E-state index in [4.69, 9.17) is 11.6 Å². The molecular formula is C32H33ClN8O3. The van der Waals surface area contributed by atoms with Crippen LogP contribution in [0.1, 0.15) is 12.8 Å². The van der Waals surface area contributed by atoms with Gasteiger partial charge in [-0.15, -0.1) is 0 Å². The summed E-state index contributed by atoms with van der Waals surface area (Å²) in [5.74, 6) is 1.11. The molecule has 5 aromatic rings. The average Bonchev–Trinajstić information content (AvgIpc) is 3.00. The van der Waals surface area contributed by atoms with Gasteiger partial charge < -0.3 is 20.0 Å².